The topological polar surface area (TPSA) is 20.3 Å². The number of hydrogen-bond acceptors (Lipinski definition) is 1. The van der Waals surface area contributed by atoms with Gasteiger partial charge in [0.25, 0.3) is 6.43 Å². The predicted molar refractivity (Wildman–Crippen MR) is 57.8 cm³/mol. The number of anilines is 1. The van der Waals surface area contributed by atoms with Crippen LogP contribution in [0.3, 0.4) is 0 Å². The van der Waals surface area contributed by atoms with E-state index in [1.165, 1.54) is 4.90 Å². The molecule has 1 aliphatic rings. The van der Waals surface area contributed by atoms with Gasteiger partial charge in [0.15, 0.2) is 6.17 Å². The Balaban J connectivity index is 2.13. The molecule has 5 heteroatoms. The minimum Gasteiger partial charge on any atom is -0.312 e. The Morgan fingerprint density at radius 2 is 1.82 bits per heavy atom. The molecule has 1 saturated heterocycles. The molecule has 0 spiro atoms. The SMILES string of the molecule is O=C1C(C(F)C(F)F)CCN1c1ccccc1. The summed E-state index contributed by atoms with van der Waals surface area (Å²) in [4.78, 5) is 13.2. The summed E-state index contributed by atoms with van der Waals surface area (Å²) in [6, 6.07) is 8.69. The Kier molecular flexibility index (Phi) is 3.36. The third-order valence-corrected chi connectivity index (χ3v) is 2.94. The van der Waals surface area contributed by atoms with Crippen molar-refractivity contribution in [3.63, 3.8) is 0 Å². The number of rotatable bonds is 3. The number of carbonyl (C=O) groups is 1. The Bertz CT molecular complexity index is 396. The molecule has 0 radical (unpaired) electrons. The lowest BCUT2D eigenvalue weighted by molar-refractivity contribution is -0.124. The van der Waals surface area contributed by atoms with Crippen molar-refractivity contribution in [3.05, 3.63) is 30.3 Å². The first-order chi connectivity index (χ1) is 8.11. The summed E-state index contributed by atoms with van der Waals surface area (Å²) in [5.41, 5.74) is 0.626. The van der Waals surface area contributed by atoms with Gasteiger partial charge in [-0.05, 0) is 18.6 Å². The highest BCUT2D eigenvalue weighted by Gasteiger charge is 2.42. The van der Waals surface area contributed by atoms with Crippen molar-refractivity contribution < 1.29 is 18.0 Å². The molecule has 2 unspecified atom stereocenters. The Labute approximate surface area is 97.0 Å². The van der Waals surface area contributed by atoms with Gasteiger partial charge in [-0.1, -0.05) is 18.2 Å². The lowest BCUT2D eigenvalue weighted by Gasteiger charge is -2.18. The third kappa shape index (κ3) is 2.28. The van der Waals surface area contributed by atoms with E-state index in [4.69, 9.17) is 0 Å². The van der Waals surface area contributed by atoms with Gasteiger partial charge in [-0.25, -0.2) is 13.2 Å². The molecule has 0 bridgehead atoms. The average Bonchev–Trinajstić information content (AvgIpc) is 2.71. The van der Waals surface area contributed by atoms with Gasteiger partial charge in [0, 0.05) is 12.2 Å². The van der Waals surface area contributed by atoms with Crippen LogP contribution >= 0.6 is 0 Å². The molecule has 17 heavy (non-hydrogen) atoms. The van der Waals surface area contributed by atoms with Crippen LogP contribution in [0.5, 0.6) is 0 Å². The van der Waals surface area contributed by atoms with Crippen molar-refractivity contribution in [1.29, 1.82) is 0 Å². The number of hydrogen-bond donors (Lipinski definition) is 0. The van der Waals surface area contributed by atoms with Crippen LogP contribution in [0.2, 0.25) is 0 Å². The van der Waals surface area contributed by atoms with Gasteiger partial charge in [0.1, 0.15) is 0 Å². The molecule has 0 N–H and O–H groups in total. The highest BCUT2D eigenvalue weighted by atomic mass is 19.3. The molecule has 1 heterocycles. The highest BCUT2D eigenvalue weighted by molar-refractivity contribution is 5.97. The first kappa shape index (κ1) is 12.0. The van der Waals surface area contributed by atoms with Crippen LogP contribution < -0.4 is 4.90 Å². The molecule has 2 nitrogen and oxygen atoms in total. The zero-order chi connectivity index (χ0) is 12.4. The third-order valence-electron chi connectivity index (χ3n) is 2.94. The average molecular weight is 243 g/mol. The largest absolute Gasteiger partial charge is 0.312 e. The fourth-order valence-electron chi connectivity index (χ4n) is 2.04. The van der Waals surface area contributed by atoms with Crippen molar-refractivity contribution in [1.82, 2.24) is 0 Å². The van der Waals surface area contributed by atoms with Crippen molar-refractivity contribution in [2.45, 2.75) is 19.0 Å². The van der Waals surface area contributed by atoms with Gasteiger partial charge >= 0.3 is 0 Å². The Morgan fingerprint density at radius 1 is 1.18 bits per heavy atom. The molecule has 1 aromatic rings. The van der Waals surface area contributed by atoms with Crippen molar-refractivity contribution in [2.75, 3.05) is 11.4 Å². The van der Waals surface area contributed by atoms with Crippen molar-refractivity contribution >= 4 is 11.6 Å². The molecule has 2 rings (SSSR count). The molecule has 2 atom stereocenters. The predicted octanol–water partition coefficient (Wildman–Crippen LogP) is 2.64. The summed E-state index contributed by atoms with van der Waals surface area (Å²) in [6.45, 7) is 0.292. The zero-order valence-electron chi connectivity index (χ0n) is 9.02. The maximum Gasteiger partial charge on any atom is 0.270 e. The smallest absolute Gasteiger partial charge is 0.270 e. The van der Waals surface area contributed by atoms with E-state index in [1.54, 1.807) is 30.3 Å². The summed E-state index contributed by atoms with van der Waals surface area (Å²) < 4.78 is 37.6. The van der Waals surface area contributed by atoms with E-state index in [2.05, 4.69) is 0 Å². The Hall–Kier alpha value is -1.52. The molecular weight excluding hydrogens is 231 g/mol. The van der Waals surface area contributed by atoms with Crippen LogP contribution in [0.25, 0.3) is 0 Å². The minimum atomic E-state index is -3.10. The molecular formula is C12H12F3NO. The molecule has 1 amide bonds. The molecule has 0 saturated carbocycles. The maximum atomic E-state index is 13.2. The molecule has 1 aromatic carbocycles. The van der Waals surface area contributed by atoms with Gasteiger partial charge < -0.3 is 4.90 Å². The lowest BCUT2D eigenvalue weighted by atomic mass is 10.0. The molecule has 92 valence electrons. The van der Waals surface area contributed by atoms with Crippen molar-refractivity contribution in [2.24, 2.45) is 5.92 Å². The van der Waals surface area contributed by atoms with E-state index >= 15 is 0 Å². The van der Waals surface area contributed by atoms with Crippen LogP contribution in [0.1, 0.15) is 6.42 Å². The van der Waals surface area contributed by atoms with Crippen LogP contribution in [0, 0.1) is 5.92 Å². The summed E-state index contributed by atoms with van der Waals surface area (Å²) >= 11 is 0. The van der Waals surface area contributed by atoms with E-state index in [9.17, 15) is 18.0 Å². The summed E-state index contributed by atoms with van der Waals surface area (Å²) in [7, 11) is 0. The zero-order valence-corrected chi connectivity index (χ0v) is 9.02. The van der Waals surface area contributed by atoms with Gasteiger partial charge in [-0.2, -0.15) is 0 Å². The second-order valence-corrected chi connectivity index (χ2v) is 4.00. The second-order valence-electron chi connectivity index (χ2n) is 4.00. The van der Waals surface area contributed by atoms with Crippen molar-refractivity contribution in [3.8, 4) is 0 Å². The molecule has 0 aliphatic carbocycles. The standard InChI is InChI=1S/C12H12F3NO/c13-10(11(14)15)9-6-7-16(12(9)17)8-4-2-1-3-5-8/h1-5,9-11H,6-7H2. The fraction of sp³-hybridized carbons (Fsp3) is 0.417. The van der Waals surface area contributed by atoms with Gasteiger partial charge in [-0.15, -0.1) is 0 Å². The van der Waals surface area contributed by atoms with E-state index < -0.39 is 24.4 Å². The van der Waals surface area contributed by atoms with Crippen LogP contribution in [-0.2, 0) is 4.79 Å². The van der Waals surface area contributed by atoms with Crippen LogP contribution in [-0.4, -0.2) is 25.0 Å². The van der Waals surface area contributed by atoms with Crippen LogP contribution in [0.4, 0.5) is 18.9 Å². The first-order valence-corrected chi connectivity index (χ1v) is 5.40. The second kappa shape index (κ2) is 4.77. The summed E-state index contributed by atoms with van der Waals surface area (Å²) in [5, 5.41) is 0. The van der Waals surface area contributed by atoms with Gasteiger partial charge in [-0.3, -0.25) is 4.79 Å². The van der Waals surface area contributed by atoms with E-state index in [0.29, 0.717) is 12.2 Å². The number of carbonyl (C=O) groups excluding carboxylic acids is 1. The monoisotopic (exact) mass is 243 g/mol. The molecule has 1 aliphatic heterocycles. The number of halogens is 3. The Morgan fingerprint density at radius 3 is 2.41 bits per heavy atom. The van der Waals surface area contributed by atoms with E-state index in [-0.39, 0.29) is 6.42 Å². The number of alkyl halides is 3. The number of amides is 1. The van der Waals surface area contributed by atoms with E-state index in [0.717, 1.165) is 0 Å². The maximum absolute atomic E-state index is 13.2. The fourth-order valence-corrected chi connectivity index (χ4v) is 2.04. The lowest BCUT2D eigenvalue weighted by Crippen LogP contribution is -2.33. The number of para-hydroxylation sites is 1. The van der Waals surface area contributed by atoms with E-state index in [1.807, 2.05) is 0 Å². The van der Waals surface area contributed by atoms with Crippen LogP contribution in [0.15, 0.2) is 30.3 Å². The highest BCUT2D eigenvalue weighted by Crippen LogP contribution is 2.30. The molecule has 0 aromatic heterocycles. The normalized spacial score (nSPS) is 22.2. The number of benzene rings is 1. The first-order valence-electron chi connectivity index (χ1n) is 5.40. The molecule has 1 fully saturated rings. The van der Waals surface area contributed by atoms with Gasteiger partial charge in [0.2, 0.25) is 5.91 Å². The summed E-state index contributed by atoms with van der Waals surface area (Å²) in [5.74, 6) is -1.76. The minimum absolute atomic E-state index is 0.138. The quantitative estimate of drug-likeness (QED) is 0.799. The van der Waals surface area contributed by atoms with Gasteiger partial charge in [0.05, 0.1) is 5.92 Å². The summed E-state index contributed by atoms with van der Waals surface area (Å²) in [6.07, 6.45) is -5.32. The number of nitrogens with zero attached hydrogens (tertiary/aromatic N) is 1.